The molecule has 2 aromatic carbocycles. The first kappa shape index (κ1) is 19.4. The van der Waals surface area contributed by atoms with Gasteiger partial charge in [-0.15, -0.1) is 0 Å². The molecule has 3 aromatic rings. The molecule has 0 radical (unpaired) electrons. The lowest BCUT2D eigenvalue weighted by atomic mass is 10.1. The number of rotatable bonds is 6. The van der Waals surface area contributed by atoms with Crippen molar-refractivity contribution in [1.29, 1.82) is 0 Å². The van der Waals surface area contributed by atoms with E-state index in [0.29, 0.717) is 34.9 Å². The van der Waals surface area contributed by atoms with Crippen LogP contribution in [0.2, 0.25) is 0 Å². The molecule has 2 amide bonds. The third-order valence-electron chi connectivity index (χ3n) is 4.23. The lowest BCUT2D eigenvalue weighted by molar-refractivity contribution is -0.116. The van der Waals surface area contributed by atoms with Crippen LogP contribution in [0, 0.1) is 12.7 Å². The second-order valence-corrected chi connectivity index (χ2v) is 6.50. The topological polar surface area (TPSA) is 71.3 Å². The van der Waals surface area contributed by atoms with Crippen molar-refractivity contribution in [2.24, 2.45) is 0 Å². The van der Waals surface area contributed by atoms with E-state index in [2.05, 4.69) is 10.6 Å². The fraction of sp³-hybridized carbons (Fsp3) is 0.182. The summed E-state index contributed by atoms with van der Waals surface area (Å²) < 4.78 is 19.5. The molecule has 0 atom stereocenters. The van der Waals surface area contributed by atoms with E-state index in [1.165, 1.54) is 13.0 Å². The van der Waals surface area contributed by atoms with Crippen molar-refractivity contribution in [2.75, 3.05) is 10.6 Å². The molecule has 0 aliphatic carbocycles. The molecule has 0 aliphatic rings. The van der Waals surface area contributed by atoms with Gasteiger partial charge in [-0.3, -0.25) is 9.59 Å². The number of carbonyl (C=O) groups excluding carboxylic acids is 2. The molecule has 1 aromatic heterocycles. The number of furan rings is 1. The number of halogens is 1. The van der Waals surface area contributed by atoms with E-state index in [0.717, 1.165) is 5.56 Å². The molecular weight excluding hydrogens is 359 g/mol. The third kappa shape index (κ3) is 4.85. The van der Waals surface area contributed by atoms with Crippen LogP contribution in [0.4, 0.5) is 15.8 Å². The summed E-state index contributed by atoms with van der Waals surface area (Å²) >= 11 is 0. The molecule has 5 nitrogen and oxygen atoms in total. The minimum Gasteiger partial charge on any atom is -0.461 e. The van der Waals surface area contributed by atoms with Crippen LogP contribution >= 0.6 is 0 Å². The Labute approximate surface area is 162 Å². The molecule has 0 bridgehead atoms. The first-order valence-electron chi connectivity index (χ1n) is 8.94. The zero-order valence-corrected chi connectivity index (χ0v) is 15.7. The standard InChI is InChI=1S/C22H21FN2O3/c1-14-7-8-16(24-15(2)26)13-20(14)25-22(27)12-10-17-9-11-21(28-17)18-5-3-4-6-19(18)23/h3-9,11,13H,10,12H2,1-2H3,(H,24,26)(H,25,27). The summed E-state index contributed by atoms with van der Waals surface area (Å²) in [4.78, 5) is 23.5. The van der Waals surface area contributed by atoms with Crippen LogP contribution in [0.5, 0.6) is 0 Å². The van der Waals surface area contributed by atoms with Gasteiger partial charge in [0.2, 0.25) is 11.8 Å². The van der Waals surface area contributed by atoms with Crippen LogP contribution in [0.1, 0.15) is 24.7 Å². The molecule has 6 heteroatoms. The largest absolute Gasteiger partial charge is 0.461 e. The number of anilines is 2. The van der Waals surface area contributed by atoms with Crippen LogP contribution in [0.3, 0.4) is 0 Å². The molecule has 144 valence electrons. The predicted octanol–water partition coefficient (Wildman–Crippen LogP) is 4.92. The summed E-state index contributed by atoms with van der Waals surface area (Å²) in [5.41, 5.74) is 2.54. The number of aryl methyl sites for hydroxylation is 2. The van der Waals surface area contributed by atoms with Crippen LogP contribution < -0.4 is 10.6 Å². The molecule has 0 aliphatic heterocycles. The summed E-state index contributed by atoms with van der Waals surface area (Å²) in [6.07, 6.45) is 0.610. The molecule has 2 N–H and O–H groups in total. The maximum absolute atomic E-state index is 13.8. The van der Waals surface area contributed by atoms with E-state index < -0.39 is 0 Å². The quantitative estimate of drug-likeness (QED) is 0.637. The molecule has 0 saturated heterocycles. The highest BCUT2D eigenvalue weighted by Gasteiger charge is 2.11. The zero-order valence-electron chi connectivity index (χ0n) is 15.7. The van der Waals surface area contributed by atoms with Crippen LogP contribution in [-0.4, -0.2) is 11.8 Å². The lowest BCUT2D eigenvalue weighted by Crippen LogP contribution is -2.14. The fourth-order valence-corrected chi connectivity index (χ4v) is 2.81. The first-order chi connectivity index (χ1) is 13.4. The van der Waals surface area contributed by atoms with E-state index in [4.69, 9.17) is 4.42 Å². The Bertz CT molecular complexity index is 1010. The van der Waals surface area contributed by atoms with E-state index in [1.807, 2.05) is 13.0 Å². The van der Waals surface area contributed by atoms with E-state index in [1.54, 1.807) is 42.5 Å². The number of hydrogen-bond donors (Lipinski definition) is 2. The Kier molecular flexibility index (Phi) is 5.89. The Balaban J connectivity index is 1.61. The average molecular weight is 380 g/mol. The number of carbonyl (C=O) groups is 2. The Morgan fingerprint density at radius 2 is 1.82 bits per heavy atom. The number of amides is 2. The van der Waals surface area contributed by atoms with Crippen LogP contribution in [0.25, 0.3) is 11.3 Å². The summed E-state index contributed by atoms with van der Waals surface area (Å²) in [5.74, 6) is 0.344. The van der Waals surface area contributed by atoms with Gasteiger partial charge in [0.25, 0.3) is 0 Å². The monoisotopic (exact) mass is 380 g/mol. The summed E-state index contributed by atoms with van der Waals surface area (Å²) in [5, 5.41) is 5.54. The van der Waals surface area contributed by atoms with Gasteiger partial charge in [-0.05, 0) is 48.9 Å². The van der Waals surface area contributed by atoms with Gasteiger partial charge in [0.15, 0.2) is 0 Å². The van der Waals surface area contributed by atoms with Crippen molar-refractivity contribution in [3.8, 4) is 11.3 Å². The van der Waals surface area contributed by atoms with Gasteiger partial charge in [0, 0.05) is 31.1 Å². The molecule has 1 heterocycles. The maximum Gasteiger partial charge on any atom is 0.224 e. The van der Waals surface area contributed by atoms with Crippen LogP contribution in [0.15, 0.2) is 59.0 Å². The lowest BCUT2D eigenvalue weighted by Gasteiger charge is -2.10. The number of nitrogens with one attached hydrogen (secondary N) is 2. The van der Waals surface area contributed by atoms with Crippen LogP contribution in [-0.2, 0) is 16.0 Å². The minimum atomic E-state index is -0.351. The second-order valence-electron chi connectivity index (χ2n) is 6.50. The Morgan fingerprint density at radius 1 is 1.04 bits per heavy atom. The third-order valence-corrected chi connectivity index (χ3v) is 4.23. The highest BCUT2D eigenvalue weighted by Crippen LogP contribution is 2.25. The van der Waals surface area contributed by atoms with Crippen molar-refractivity contribution in [3.05, 3.63) is 71.7 Å². The Morgan fingerprint density at radius 3 is 2.57 bits per heavy atom. The van der Waals surface area contributed by atoms with Gasteiger partial charge in [-0.2, -0.15) is 0 Å². The highest BCUT2D eigenvalue weighted by atomic mass is 19.1. The predicted molar refractivity (Wildman–Crippen MR) is 107 cm³/mol. The summed E-state index contributed by atoms with van der Waals surface area (Å²) in [6.45, 7) is 3.30. The second kappa shape index (κ2) is 8.52. The molecular formula is C22H21FN2O3. The maximum atomic E-state index is 13.8. The number of hydrogen-bond acceptors (Lipinski definition) is 3. The SMILES string of the molecule is CC(=O)Nc1ccc(C)c(NC(=O)CCc2ccc(-c3ccccc3F)o2)c1. The summed E-state index contributed by atoms with van der Waals surface area (Å²) in [7, 11) is 0. The zero-order chi connectivity index (χ0) is 20.1. The van der Waals surface area contributed by atoms with Crippen molar-refractivity contribution in [3.63, 3.8) is 0 Å². The minimum absolute atomic E-state index is 0.174. The smallest absolute Gasteiger partial charge is 0.224 e. The number of benzene rings is 2. The molecule has 28 heavy (non-hydrogen) atoms. The van der Waals surface area contributed by atoms with Gasteiger partial charge >= 0.3 is 0 Å². The van der Waals surface area contributed by atoms with Gasteiger partial charge in [-0.1, -0.05) is 18.2 Å². The fourth-order valence-electron chi connectivity index (χ4n) is 2.81. The van der Waals surface area contributed by atoms with Gasteiger partial charge in [0.05, 0.1) is 5.56 Å². The molecule has 0 unspecified atom stereocenters. The molecule has 3 rings (SSSR count). The summed E-state index contributed by atoms with van der Waals surface area (Å²) in [6, 6.07) is 15.2. The van der Waals surface area contributed by atoms with Gasteiger partial charge in [-0.25, -0.2) is 4.39 Å². The molecule has 0 saturated carbocycles. The van der Waals surface area contributed by atoms with Crippen molar-refractivity contribution >= 4 is 23.2 Å². The average Bonchev–Trinajstić information content (AvgIpc) is 3.11. The normalized spacial score (nSPS) is 10.5. The van der Waals surface area contributed by atoms with E-state index in [9.17, 15) is 14.0 Å². The van der Waals surface area contributed by atoms with Gasteiger partial charge < -0.3 is 15.1 Å². The first-order valence-corrected chi connectivity index (χ1v) is 8.94. The Hall–Kier alpha value is -3.41. The van der Waals surface area contributed by atoms with Gasteiger partial charge in [0.1, 0.15) is 17.3 Å². The van der Waals surface area contributed by atoms with E-state index >= 15 is 0 Å². The van der Waals surface area contributed by atoms with Crippen molar-refractivity contribution in [1.82, 2.24) is 0 Å². The molecule has 0 spiro atoms. The van der Waals surface area contributed by atoms with Crippen molar-refractivity contribution < 1.29 is 18.4 Å². The molecule has 0 fully saturated rings. The highest BCUT2D eigenvalue weighted by molar-refractivity contribution is 5.94. The van der Waals surface area contributed by atoms with E-state index in [-0.39, 0.29) is 24.1 Å². The van der Waals surface area contributed by atoms with Crippen molar-refractivity contribution in [2.45, 2.75) is 26.7 Å².